The second kappa shape index (κ2) is 9.29. The number of rotatable bonds is 8. The number of amides is 4. The number of imidazole rings is 2. The molecule has 0 radical (unpaired) electrons. The predicted octanol–water partition coefficient (Wildman–Crippen LogP) is 1.58. The highest BCUT2D eigenvalue weighted by atomic mass is 16.2. The number of likely N-dealkylation sites (tertiary alicyclic amines) is 2. The Labute approximate surface area is 209 Å². The minimum atomic E-state index is -0.265. The quantitative estimate of drug-likeness (QED) is 0.518. The predicted molar refractivity (Wildman–Crippen MR) is 127 cm³/mol. The highest BCUT2D eigenvalue weighted by molar-refractivity contribution is 6.03. The van der Waals surface area contributed by atoms with Gasteiger partial charge in [0, 0.05) is 74.6 Å². The van der Waals surface area contributed by atoms with Gasteiger partial charge >= 0.3 is 0 Å². The average Bonchev–Trinajstić information content (AvgIpc) is 3.60. The Bertz CT molecular complexity index is 1010. The molecule has 2 aliphatic carbocycles. The lowest BCUT2D eigenvalue weighted by atomic mass is 9.50. The van der Waals surface area contributed by atoms with Gasteiger partial charge in [-0.3, -0.25) is 29.0 Å². The molecule has 36 heavy (non-hydrogen) atoms. The Hall–Kier alpha value is -3.30. The van der Waals surface area contributed by atoms with Gasteiger partial charge in [-0.15, -0.1) is 0 Å². The van der Waals surface area contributed by atoms with E-state index < -0.39 is 0 Å². The lowest BCUT2D eigenvalue weighted by molar-refractivity contribution is -0.185. The molecule has 4 amide bonds. The molecule has 4 fully saturated rings. The Morgan fingerprint density at radius 1 is 0.583 bits per heavy atom. The van der Waals surface area contributed by atoms with Crippen LogP contribution in [0.3, 0.4) is 0 Å². The molecular formula is C26H32N6O4. The van der Waals surface area contributed by atoms with Crippen LogP contribution in [0.15, 0.2) is 37.4 Å². The molecule has 0 N–H and O–H groups in total. The van der Waals surface area contributed by atoms with Crippen molar-refractivity contribution in [3.05, 3.63) is 37.4 Å². The molecule has 2 aromatic rings. The zero-order valence-electron chi connectivity index (χ0n) is 20.3. The van der Waals surface area contributed by atoms with E-state index in [0.29, 0.717) is 64.7 Å². The Morgan fingerprint density at radius 3 is 1.25 bits per heavy atom. The maximum absolute atomic E-state index is 13.5. The highest BCUT2D eigenvalue weighted by Crippen LogP contribution is 2.56. The number of hydrogen-bond acceptors (Lipinski definition) is 6. The summed E-state index contributed by atoms with van der Waals surface area (Å²) < 4.78 is 3.89. The summed E-state index contributed by atoms with van der Waals surface area (Å²) in [5.41, 5.74) is 0. The first-order valence-electron chi connectivity index (χ1n) is 13.2. The highest BCUT2D eigenvalue weighted by Gasteiger charge is 2.62. The van der Waals surface area contributed by atoms with E-state index in [1.54, 1.807) is 25.0 Å². The molecule has 2 saturated carbocycles. The first-order chi connectivity index (χ1) is 17.5. The Balaban J connectivity index is 1.16. The van der Waals surface area contributed by atoms with Crippen LogP contribution in [0.4, 0.5) is 0 Å². The van der Waals surface area contributed by atoms with Crippen LogP contribution in [0.5, 0.6) is 0 Å². The number of imide groups is 2. The van der Waals surface area contributed by atoms with Crippen molar-refractivity contribution in [3.63, 3.8) is 0 Å². The van der Waals surface area contributed by atoms with E-state index in [0.717, 1.165) is 0 Å². The van der Waals surface area contributed by atoms with E-state index in [2.05, 4.69) is 9.97 Å². The third kappa shape index (κ3) is 3.77. The molecule has 4 heterocycles. The number of piperidine rings is 2. The number of hydrogen-bond donors (Lipinski definition) is 0. The van der Waals surface area contributed by atoms with Crippen molar-refractivity contribution in [2.24, 2.45) is 35.5 Å². The van der Waals surface area contributed by atoms with Crippen LogP contribution in [0.2, 0.25) is 0 Å². The smallest absolute Gasteiger partial charge is 0.232 e. The van der Waals surface area contributed by atoms with E-state index >= 15 is 0 Å². The second-order valence-electron chi connectivity index (χ2n) is 10.7. The molecule has 2 aliphatic heterocycles. The molecule has 10 nitrogen and oxygen atoms in total. The molecule has 4 unspecified atom stereocenters. The normalized spacial score (nSPS) is 31.7. The fraction of sp³-hybridized carbons (Fsp3) is 0.615. The molecule has 190 valence electrons. The van der Waals surface area contributed by atoms with Gasteiger partial charge < -0.3 is 9.13 Å². The summed E-state index contributed by atoms with van der Waals surface area (Å²) >= 11 is 0. The van der Waals surface area contributed by atoms with Gasteiger partial charge in [0.15, 0.2) is 0 Å². The molecule has 2 aromatic heterocycles. The standard InChI is InChI=1S/C26H32N6O4/c33-23-17-3-5-19-22-20(26(36)32(25(19)35)12-2-10-30-14-8-28-16-30)6-4-18(21(17)22)24(34)31(23)11-1-9-29-13-7-27-15-29/h7-8,13-22H,1-6,9-12H2. The summed E-state index contributed by atoms with van der Waals surface area (Å²) in [5.74, 6) is -1.85. The van der Waals surface area contributed by atoms with Crippen LogP contribution in [0, 0.1) is 35.5 Å². The first kappa shape index (κ1) is 23.1. The Morgan fingerprint density at radius 2 is 0.944 bits per heavy atom. The summed E-state index contributed by atoms with van der Waals surface area (Å²) in [6.45, 7) is 2.19. The van der Waals surface area contributed by atoms with Crippen molar-refractivity contribution >= 4 is 23.6 Å². The van der Waals surface area contributed by atoms with Crippen molar-refractivity contribution in [1.29, 1.82) is 0 Å². The van der Waals surface area contributed by atoms with E-state index in [9.17, 15) is 19.2 Å². The summed E-state index contributed by atoms with van der Waals surface area (Å²) in [6, 6.07) is 0. The molecule has 10 heteroatoms. The van der Waals surface area contributed by atoms with E-state index in [4.69, 9.17) is 0 Å². The van der Waals surface area contributed by atoms with Gasteiger partial charge in [-0.1, -0.05) is 0 Å². The minimum absolute atomic E-state index is 0.103. The van der Waals surface area contributed by atoms with Crippen molar-refractivity contribution in [2.75, 3.05) is 13.1 Å². The summed E-state index contributed by atoms with van der Waals surface area (Å²) in [4.78, 5) is 65.0. The van der Waals surface area contributed by atoms with Crippen LogP contribution in [0.1, 0.15) is 38.5 Å². The molecule has 6 rings (SSSR count). The molecule has 2 saturated heterocycles. The lowest BCUT2D eigenvalue weighted by Gasteiger charge is -2.57. The number of carbonyl (C=O) groups excluding carboxylic acids is 4. The third-order valence-corrected chi connectivity index (χ3v) is 8.93. The van der Waals surface area contributed by atoms with Crippen LogP contribution in [0.25, 0.3) is 0 Å². The number of aromatic nitrogens is 4. The minimum Gasteiger partial charge on any atom is -0.337 e. The molecule has 0 aromatic carbocycles. The maximum Gasteiger partial charge on any atom is 0.232 e. The first-order valence-corrected chi connectivity index (χ1v) is 13.2. The second-order valence-corrected chi connectivity index (χ2v) is 10.7. The zero-order chi connectivity index (χ0) is 24.8. The molecule has 0 spiro atoms. The topological polar surface area (TPSA) is 110 Å². The van der Waals surface area contributed by atoms with Crippen LogP contribution in [-0.4, -0.2) is 65.6 Å². The summed E-state index contributed by atoms with van der Waals surface area (Å²) in [5, 5.41) is 0. The van der Waals surface area contributed by atoms with Crippen molar-refractivity contribution in [2.45, 2.75) is 51.6 Å². The van der Waals surface area contributed by atoms with Gasteiger partial charge in [-0.05, 0) is 50.4 Å². The van der Waals surface area contributed by atoms with Crippen LogP contribution in [-0.2, 0) is 32.3 Å². The lowest BCUT2D eigenvalue weighted by Crippen LogP contribution is -2.66. The molecular weight excluding hydrogens is 460 g/mol. The number of nitrogens with zero attached hydrogens (tertiary/aromatic N) is 6. The summed E-state index contributed by atoms with van der Waals surface area (Å²) in [7, 11) is 0. The van der Waals surface area contributed by atoms with E-state index in [-0.39, 0.29) is 59.1 Å². The molecule has 4 atom stereocenters. The monoisotopic (exact) mass is 492 g/mol. The zero-order valence-corrected chi connectivity index (χ0v) is 20.3. The van der Waals surface area contributed by atoms with Crippen molar-refractivity contribution < 1.29 is 19.2 Å². The fourth-order valence-electron chi connectivity index (χ4n) is 7.39. The van der Waals surface area contributed by atoms with E-state index in [1.807, 2.05) is 21.5 Å². The summed E-state index contributed by atoms with van der Waals surface area (Å²) in [6.07, 6.45) is 14.4. The number of carbonyl (C=O) groups is 4. The molecule has 0 bridgehead atoms. The maximum atomic E-state index is 13.5. The van der Waals surface area contributed by atoms with Crippen molar-refractivity contribution in [1.82, 2.24) is 28.9 Å². The van der Waals surface area contributed by atoms with Gasteiger partial charge in [0.2, 0.25) is 23.6 Å². The van der Waals surface area contributed by atoms with Gasteiger partial charge in [0.1, 0.15) is 0 Å². The van der Waals surface area contributed by atoms with Gasteiger partial charge in [0.05, 0.1) is 12.7 Å². The van der Waals surface area contributed by atoms with Crippen molar-refractivity contribution in [3.8, 4) is 0 Å². The van der Waals surface area contributed by atoms with Gasteiger partial charge in [-0.25, -0.2) is 9.97 Å². The SMILES string of the molecule is O=C1C2CCC3C(=O)N(CCCn4ccnc4)C(=O)C4CCC(C(=O)N1CCCn1ccnc1)C2C34. The Kier molecular flexibility index (Phi) is 5.97. The molecule has 4 aliphatic rings. The number of aryl methyl sites for hydroxylation is 2. The van der Waals surface area contributed by atoms with E-state index in [1.165, 1.54) is 9.80 Å². The largest absolute Gasteiger partial charge is 0.337 e. The van der Waals surface area contributed by atoms with Gasteiger partial charge in [-0.2, -0.15) is 0 Å². The van der Waals surface area contributed by atoms with Gasteiger partial charge in [0.25, 0.3) is 0 Å². The van der Waals surface area contributed by atoms with Crippen LogP contribution >= 0.6 is 0 Å². The average molecular weight is 493 g/mol. The fourth-order valence-corrected chi connectivity index (χ4v) is 7.39. The third-order valence-electron chi connectivity index (χ3n) is 8.93. The van der Waals surface area contributed by atoms with Crippen LogP contribution < -0.4 is 0 Å².